The number of nitrogens with zero attached hydrogens (tertiary/aromatic N) is 2. The maximum atomic E-state index is 6.09. The zero-order valence-corrected chi connectivity index (χ0v) is 12.9. The molecule has 2 rings (SSSR count). The molecular weight excluding hydrogens is 278 g/mol. The lowest BCUT2D eigenvalue weighted by Gasteiger charge is -2.12. The molecule has 0 saturated carbocycles. The van der Waals surface area contributed by atoms with Gasteiger partial charge in [0.2, 0.25) is 0 Å². The van der Waals surface area contributed by atoms with Gasteiger partial charge in [0.25, 0.3) is 0 Å². The van der Waals surface area contributed by atoms with E-state index in [0.717, 1.165) is 16.5 Å². The van der Waals surface area contributed by atoms with Crippen molar-refractivity contribution in [3.8, 4) is 0 Å². The van der Waals surface area contributed by atoms with E-state index < -0.39 is 0 Å². The molecule has 0 atom stereocenters. The third-order valence-corrected chi connectivity index (χ3v) is 3.93. The number of nitrogens with one attached hydrogen (secondary N) is 1. The first-order chi connectivity index (χ1) is 9.04. The van der Waals surface area contributed by atoms with E-state index in [2.05, 4.69) is 30.3 Å². The highest BCUT2D eigenvalue weighted by atomic mass is 35.5. The predicted octanol–water partition coefficient (Wildman–Crippen LogP) is 3.72. The SMILES string of the molecule is CC(C)NCc1cc(Cl)ccc1Sc1cnn(C)c1. The lowest BCUT2D eigenvalue weighted by atomic mass is 10.2. The highest BCUT2D eigenvalue weighted by Crippen LogP contribution is 2.31. The Morgan fingerprint density at radius 1 is 1.42 bits per heavy atom. The summed E-state index contributed by atoms with van der Waals surface area (Å²) in [5.74, 6) is 0. The van der Waals surface area contributed by atoms with Gasteiger partial charge in [-0.05, 0) is 23.8 Å². The number of hydrogen-bond donors (Lipinski definition) is 1. The van der Waals surface area contributed by atoms with E-state index >= 15 is 0 Å². The van der Waals surface area contributed by atoms with Gasteiger partial charge >= 0.3 is 0 Å². The Morgan fingerprint density at radius 2 is 2.21 bits per heavy atom. The van der Waals surface area contributed by atoms with Crippen LogP contribution in [0.4, 0.5) is 0 Å². The van der Waals surface area contributed by atoms with Gasteiger partial charge in [-0.25, -0.2) is 0 Å². The van der Waals surface area contributed by atoms with E-state index in [-0.39, 0.29) is 0 Å². The van der Waals surface area contributed by atoms with Crippen molar-refractivity contribution >= 4 is 23.4 Å². The summed E-state index contributed by atoms with van der Waals surface area (Å²) in [4.78, 5) is 2.35. The maximum absolute atomic E-state index is 6.09. The second-order valence-electron chi connectivity index (χ2n) is 4.74. The Morgan fingerprint density at radius 3 is 2.84 bits per heavy atom. The second-order valence-corrected chi connectivity index (χ2v) is 6.29. The Labute approximate surface area is 123 Å². The highest BCUT2D eigenvalue weighted by molar-refractivity contribution is 7.99. The predicted molar refractivity (Wildman–Crippen MR) is 80.8 cm³/mol. The van der Waals surface area contributed by atoms with Gasteiger partial charge in [0, 0.05) is 35.7 Å². The molecule has 0 bridgehead atoms. The molecule has 3 nitrogen and oxygen atoms in total. The van der Waals surface area contributed by atoms with Crippen LogP contribution in [0.1, 0.15) is 19.4 Å². The van der Waals surface area contributed by atoms with Crippen molar-refractivity contribution in [2.75, 3.05) is 0 Å². The van der Waals surface area contributed by atoms with Crippen LogP contribution in [0.15, 0.2) is 40.4 Å². The minimum atomic E-state index is 0.454. The molecule has 0 radical (unpaired) electrons. The fraction of sp³-hybridized carbons (Fsp3) is 0.357. The van der Waals surface area contributed by atoms with Gasteiger partial charge in [0.05, 0.1) is 11.1 Å². The highest BCUT2D eigenvalue weighted by Gasteiger charge is 2.07. The van der Waals surface area contributed by atoms with Crippen LogP contribution < -0.4 is 5.32 Å². The number of halogens is 1. The number of aryl methyl sites for hydroxylation is 1. The third kappa shape index (κ3) is 4.27. The van der Waals surface area contributed by atoms with Crippen molar-refractivity contribution in [1.29, 1.82) is 0 Å². The van der Waals surface area contributed by atoms with Crippen molar-refractivity contribution in [3.05, 3.63) is 41.2 Å². The Bertz CT molecular complexity index is 551. The molecule has 5 heteroatoms. The lowest BCUT2D eigenvalue weighted by Crippen LogP contribution is -2.22. The van der Waals surface area contributed by atoms with E-state index in [0.29, 0.717) is 6.04 Å². The summed E-state index contributed by atoms with van der Waals surface area (Å²) in [6, 6.07) is 6.47. The van der Waals surface area contributed by atoms with Gasteiger partial charge in [-0.15, -0.1) is 0 Å². The van der Waals surface area contributed by atoms with Crippen LogP contribution in [0.5, 0.6) is 0 Å². The smallest absolute Gasteiger partial charge is 0.0629 e. The molecule has 1 aromatic carbocycles. The van der Waals surface area contributed by atoms with E-state index in [4.69, 9.17) is 11.6 Å². The monoisotopic (exact) mass is 295 g/mol. The van der Waals surface area contributed by atoms with Gasteiger partial charge in [-0.2, -0.15) is 5.10 Å². The molecule has 1 heterocycles. The molecular formula is C14H18ClN3S. The first-order valence-corrected chi connectivity index (χ1v) is 7.42. The van der Waals surface area contributed by atoms with Crippen LogP contribution in [0.2, 0.25) is 5.02 Å². The van der Waals surface area contributed by atoms with Crippen molar-refractivity contribution in [1.82, 2.24) is 15.1 Å². The van der Waals surface area contributed by atoms with Crippen LogP contribution >= 0.6 is 23.4 Å². The zero-order valence-electron chi connectivity index (χ0n) is 11.4. The average molecular weight is 296 g/mol. The Kier molecular flexibility index (Phi) is 4.91. The summed E-state index contributed by atoms with van der Waals surface area (Å²) in [6.07, 6.45) is 3.89. The third-order valence-electron chi connectivity index (χ3n) is 2.63. The number of aromatic nitrogens is 2. The molecule has 0 aliphatic heterocycles. The normalized spacial score (nSPS) is 11.2. The van der Waals surface area contributed by atoms with Crippen LogP contribution in [0, 0.1) is 0 Å². The van der Waals surface area contributed by atoms with E-state index in [1.165, 1.54) is 10.5 Å². The molecule has 2 aromatic rings. The quantitative estimate of drug-likeness (QED) is 0.912. The molecule has 1 aromatic heterocycles. The molecule has 0 aliphatic rings. The fourth-order valence-corrected chi connectivity index (χ4v) is 2.83. The summed E-state index contributed by atoms with van der Waals surface area (Å²) in [5.41, 5.74) is 1.22. The van der Waals surface area contributed by atoms with Crippen molar-refractivity contribution in [3.63, 3.8) is 0 Å². The number of rotatable bonds is 5. The van der Waals surface area contributed by atoms with Crippen LogP contribution in [-0.2, 0) is 13.6 Å². The van der Waals surface area contributed by atoms with Crippen molar-refractivity contribution in [2.24, 2.45) is 7.05 Å². The number of hydrogen-bond acceptors (Lipinski definition) is 3. The largest absolute Gasteiger partial charge is 0.310 e. The van der Waals surface area contributed by atoms with Crippen LogP contribution in [0.3, 0.4) is 0 Å². The van der Waals surface area contributed by atoms with Crippen molar-refractivity contribution < 1.29 is 0 Å². The molecule has 0 fully saturated rings. The standard InChI is InChI=1S/C14H18ClN3S/c1-10(2)16-7-11-6-12(15)4-5-14(11)19-13-8-17-18(3)9-13/h4-6,8-10,16H,7H2,1-3H3. The first-order valence-electron chi connectivity index (χ1n) is 6.23. The molecule has 0 saturated heterocycles. The first kappa shape index (κ1) is 14.4. The average Bonchev–Trinajstić information content (AvgIpc) is 2.75. The summed E-state index contributed by atoms with van der Waals surface area (Å²) in [5, 5.41) is 8.39. The zero-order chi connectivity index (χ0) is 13.8. The van der Waals surface area contributed by atoms with Crippen LogP contribution in [-0.4, -0.2) is 15.8 Å². The van der Waals surface area contributed by atoms with E-state index in [1.807, 2.05) is 36.3 Å². The lowest BCUT2D eigenvalue weighted by molar-refractivity contribution is 0.585. The van der Waals surface area contributed by atoms with Gasteiger partial charge in [0.1, 0.15) is 0 Å². The molecule has 19 heavy (non-hydrogen) atoms. The summed E-state index contributed by atoms with van der Waals surface area (Å²) in [6.45, 7) is 5.10. The Hall–Kier alpha value is -0.970. The van der Waals surface area contributed by atoms with Gasteiger partial charge in [-0.3, -0.25) is 4.68 Å². The minimum absolute atomic E-state index is 0.454. The van der Waals surface area contributed by atoms with Gasteiger partial charge < -0.3 is 5.32 Å². The summed E-state index contributed by atoms with van der Waals surface area (Å²) in [7, 11) is 1.92. The molecule has 0 aliphatic carbocycles. The molecule has 1 N–H and O–H groups in total. The Balaban J connectivity index is 2.18. The topological polar surface area (TPSA) is 29.9 Å². The fourth-order valence-electron chi connectivity index (χ4n) is 1.68. The molecule has 0 amide bonds. The summed E-state index contributed by atoms with van der Waals surface area (Å²) < 4.78 is 1.81. The van der Waals surface area contributed by atoms with Crippen molar-refractivity contribution in [2.45, 2.75) is 36.2 Å². The molecule has 102 valence electrons. The second kappa shape index (κ2) is 6.46. The van der Waals surface area contributed by atoms with E-state index in [1.54, 1.807) is 11.8 Å². The van der Waals surface area contributed by atoms with Crippen LogP contribution in [0.25, 0.3) is 0 Å². The summed E-state index contributed by atoms with van der Waals surface area (Å²) >= 11 is 7.80. The number of benzene rings is 1. The van der Waals surface area contributed by atoms with Gasteiger partial charge in [-0.1, -0.05) is 37.2 Å². The molecule has 0 unspecified atom stereocenters. The van der Waals surface area contributed by atoms with Gasteiger partial charge in [0.15, 0.2) is 0 Å². The van der Waals surface area contributed by atoms with E-state index in [9.17, 15) is 0 Å². The molecule has 0 spiro atoms. The minimum Gasteiger partial charge on any atom is -0.310 e. The maximum Gasteiger partial charge on any atom is 0.0629 e.